The number of unbranched alkanes of at least 4 members (excludes halogenated alkanes) is 27. The molecule has 0 aromatic carbocycles. The van der Waals surface area contributed by atoms with Gasteiger partial charge < -0.3 is 14.2 Å². The second kappa shape index (κ2) is 40.9. The second-order valence-electron chi connectivity index (χ2n) is 15.0. The van der Waals surface area contributed by atoms with Crippen LogP contribution in [0.15, 0.2) is 12.2 Å². The molecule has 1 atom stereocenters. The quantitative estimate of drug-likeness (QED) is 0.0271. The summed E-state index contributed by atoms with van der Waals surface area (Å²) in [5.74, 6) is -0.878. The Balaban J connectivity index is 4.30. The molecule has 51 heavy (non-hydrogen) atoms. The highest BCUT2D eigenvalue weighted by Gasteiger charge is 2.19. The highest BCUT2D eigenvalue weighted by atomic mass is 16.6. The number of ether oxygens (including phenoxy) is 3. The van der Waals surface area contributed by atoms with E-state index in [1.807, 2.05) is 0 Å². The van der Waals surface area contributed by atoms with Gasteiger partial charge in [0.2, 0.25) is 0 Å². The maximum atomic E-state index is 12.7. The third-order valence-corrected chi connectivity index (χ3v) is 9.77. The molecule has 0 bridgehead atoms. The molecule has 0 saturated carbocycles. The van der Waals surface area contributed by atoms with E-state index in [0.717, 1.165) is 64.2 Å². The Morgan fingerprint density at radius 1 is 0.373 bits per heavy atom. The maximum Gasteiger partial charge on any atom is 0.306 e. The molecule has 6 nitrogen and oxygen atoms in total. The lowest BCUT2D eigenvalue weighted by atomic mass is 10.0. The fraction of sp³-hybridized carbons (Fsp3) is 0.889. The minimum atomic E-state index is -0.763. The van der Waals surface area contributed by atoms with E-state index in [9.17, 15) is 14.4 Å². The van der Waals surface area contributed by atoms with Gasteiger partial charge in [-0.1, -0.05) is 187 Å². The van der Waals surface area contributed by atoms with Gasteiger partial charge in [-0.05, 0) is 44.9 Å². The van der Waals surface area contributed by atoms with Crippen LogP contribution in [0.3, 0.4) is 0 Å². The summed E-state index contributed by atoms with van der Waals surface area (Å²) in [6, 6.07) is 0. The van der Waals surface area contributed by atoms with Gasteiger partial charge in [-0.25, -0.2) is 0 Å². The lowest BCUT2D eigenvalue weighted by Crippen LogP contribution is -2.30. The van der Waals surface area contributed by atoms with Gasteiger partial charge in [0, 0.05) is 19.3 Å². The van der Waals surface area contributed by atoms with Crippen LogP contribution in [0.1, 0.15) is 239 Å². The number of carbonyl (C=O) groups is 3. The van der Waals surface area contributed by atoms with Crippen molar-refractivity contribution in [1.82, 2.24) is 0 Å². The SMILES string of the molecule is CCCCCC/C=C\CCCCCCCC(=O)OCC(COC(=O)CCCCCCCCC)OC(=O)CCCCCCCCCCCCCCC. The van der Waals surface area contributed by atoms with Gasteiger partial charge >= 0.3 is 17.9 Å². The normalized spacial score (nSPS) is 12.0. The van der Waals surface area contributed by atoms with Crippen LogP contribution in [0.5, 0.6) is 0 Å². The largest absolute Gasteiger partial charge is 0.462 e. The van der Waals surface area contributed by atoms with Crippen LogP contribution in [-0.4, -0.2) is 37.2 Å². The molecule has 0 spiro atoms. The lowest BCUT2D eigenvalue weighted by molar-refractivity contribution is -0.167. The fourth-order valence-electron chi connectivity index (χ4n) is 6.38. The smallest absolute Gasteiger partial charge is 0.306 e. The first-order valence-electron chi connectivity index (χ1n) is 22.2. The summed E-state index contributed by atoms with van der Waals surface area (Å²) in [5.41, 5.74) is 0. The van der Waals surface area contributed by atoms with E-state index < -0.39 is 6.10 Å². The standard InChI is InChI=1S/C45H84O6/c1-4-7-10-13-16-18-20-22-24-26-29-32-35-38-44(47)50-41-42(40-49-43(46)37-34-31-28-15-12-9-6-3)51-45(48)39-36-33-30-27-25-23-21-19-17-14-11-8-5-2/h18,20,42H,4-17,19,21-41H2,1-3H3/b20-18-. The zero-order chi connectivity index (χ0) is 37.3. The molecule has 0 heterocycles. The summed E-state index contributed by atoms with van der Waals surface area (Å²) in [7, 11) is 0. The fourth-order valence-corrected chi connectivity index (χ4v) is 6.38. The van der Waals surface area contributed by atoms with Gasteiger partial charge in [-0.3, -0.25) is 14.4 Å². The Labute approximate surface area is 316 Å². The highest BCUT2D eigenvalue weighted by Crippen LogP contribution is 2.15. The van der Waals surface area contributed by atoms with E-state index in [1.165, 1.54) is 135 Å². The van der Waals surface area contributed by atoms with Crippen LogP contribution >= 0.6 is 0 Å². The molecule has 0 aromatic rings. The topological polar surface area (TPSA) is 78.9 Å². The molecule has 0 aliphatic rings. The van der Waals surface area contributed by atoms with Gasteiger partial charge in [0.25, 0.3) is 0 Å². The van der Waals surface area contributed by atoms with Crippen LogP contribution in [0.4, 0.5) is 0 Å². The Kier molecular flexibility index (Phi) is 39.4. The number of esters is 3. The summed E-state index contributed by atoms with van der Waals surface area (Å²) in [5, 5.41) is 0. The van der Waals surface area contributed by atoms with E-state index in [-0.39, 0.29) is 31.1 Å². The molecule has 0 rings (SSSR count). The first kappa shape index (κ1) is 49.1. The van der Waals surface area contributed by atoms with E-state index in [4.69, 9.17) is 14.2 Å². The van der Waals surface area contributed by atoms with Gasteiger partial charge in [0.1, 0.15) is 13.2 Å². The van der Waals surface area contributed by atoms with Crippen molar-refractivity contribution in [2.24, 2.45) is 0 Å². The summed E-state index contributed by atoms with van der Waals surface area (Å²) >= 11 is 0. The third kappa shape index (κ3) is 39.2. The van der Waals surface area contributed by atoms with Crippen LogP contribution in [-0.2, 0) is 28.6 Å². The minimum absolute atomic E-state index is 0.0693. The van der Waals surface area contributed by atoms with Gasteiger partial charge in [-0.15, -0.1) is 0 Å². The van der Waals surface area contributed by atoms with E-state index in [2.05, 4.69) is 32.9 Å². The molecule has 0 radical (unpaired) electrons. The van der Waals surface area contributed by atoms with E-state index >= 15 is 0 Å². The molecule has 0 N–H and O–H groups in total. The van der Waals surface area contributed by atoms with Crippen molar-refractivity contribution in [2.75, 3.05) is 13.2 Å². The number of carbonyl (C=O) groups excluding carboxylic acids is 3. The summed E-state index contributed by atoms with van der Waals surface area (Å²) in [6.07, 6.45) is 42.0. The molecule has 1 unspecified atom stereocenters. The molecule has 0 fully saturated rings. The monoisotopic (exact) mass is 721 g/mol. The van der Waals surface area contributed by atoms with Crippen LogP contribution in [0.25, 0.3) is 0 Å². The van der Waals surface area contributed by atoms with Crippen molar-refractivity contribution in [3.05, 3.63) is 12.2 Å². The second-order valence-corrected chi connectivity index (χ2v) is 15.0. The van der Waals surface area contributed by atoms with Gasteiger partial charge in [0.05, 0.1) is 0 Å². The van der Waals surface area contributed by atoms with Crippen LogP contribution in [0.2, 0.25) is 0 Å². The van der Waals surface area contributed by atoms with Crippen LogP contribution < -0.4 is 0 Å². The number of hydrogen-bond donors (Lipinski definition) is 0. The highest BCUT2D eigenvalue weighted by molar-refractivity contribution is 5.71. The minimum Gasteiger partial charge on any atom is -0.462 e. The lowest BCUT2D eigenvalue weighted by Gasteiger charge is -2.18. The van der Waals surface area contributed by atoms with Crippen LogP contribution in [0, 0.1) is 0 Å². The average molecular weight is 721 g/mol. The van der Waals surface area contributed by atoms with E-state index in [0.29, 0.717) is 19.3 Å². The maximum absolute atomic E-state index is 12.7. The molecule has 0 saturated heterocycles. The Morgan fingerprint density at radius 2 is 0.647 bits per heavy atom. The summed E-state index contributed by atoms with van der Waals surface area (Å²) in [6.45, 7) is 6.58. The molecule has 0 amide bonds. The Bertz CT molecular complexity index is 794. The van der Waals surface area contributed by atoms with Crippen molar-refractivity contribution in [2.45, 2.75) is 245 Å². The molecule has 300 valence electrons. The van der Waals surface area contributed by atoms with Crippen molar-refractivity contribution >= 4 is 17.9 Å². The average Bonchev–Trinajstić information content (AvgIpc) is 3.12. The molecular formula is C45H84O6. The number of rotatable bonds is 40. The van der Waals surface area contributed by atoms with Crippen molar-refractivity contribution in [3.8, 4) is 0 Å². The van der Waals surface area contributed by atoms with Gasteiger partial charge in [0.15, 0.2) is 6.10 Å². The predicted molar refractivity (Wildman–Crippen MR) is 215 cm³/mol. The first-order valence-corrected chi connectivity index (χ1v) is 22.2. The molecule has 0 aliphatic heterocycles. The summed E-state index contributed by atoms with van der Waals surface area (Å²) in [4.78, 5) is 37.5. The molecule has 0 aromatic heterocycles. The van der Waals surface area contributed by atoms with Crippen molar-refractivity contribution in [3.63, 3.8) is 0 Å². The zero-order valence-corrected chi connectivity index (χ0v) is 34.1. The molecular weight excluding hydrogens is 636 g/mol. The first-order chi connectivity index (χ1) is 25.0. The molecule has 0 aliphatic carbocycles. The van der Waals surface area contributed by atoms with Crippen molar-refractivity contribution < 1.29 is 28.6 Å². The zero-order valence-electron chi connectivity index (χ0n) is 34.1. The van der Waals surface area contributed by atoms with Gasteiger partial charge in [-0.2, -0.15) is 0 Å². The molecule has 6 heteroatoms. The summed E-state index contributed by atoms with van der Waals surface area (Å²) < 4.78 is 16.6. The predicted octanol–water partition coefficient (Wildman–Crippen LogP) is 13.9. The Morgan fingerprint density at radius 3 is 1.00 bits per heavy atom. The number of hydrogen-bond acceptors (Lipinski definition) is 6. The number of allylic oxidation sites excluding steroid dienone is 2. The van der Waals surface area contributed by atoms with Crippen molar-refractivity contribution in [1.29, 1.82) is 0 Å². The Hall–Kier alpha value is -1.85. The van der Waals surface area contributed by atoms with E-state index in [1.54, 1.807) is 0 Å². The third-order valence-electron chi connectivity index (χ3n) is 9.77.